The standard InChI is InChI=1S/C19H10Cl3F3N2O2/c20-12-6-11(7-13(21)17(12)22)18(19(23,24)25)8-14(26-29-18)16-4-3-10(9-28)15-2-1-5-27(15)16/h1-7,9H,8H2. The first kappa shape index (κ1) is 20.1. The quantitative estimate of drug-likeness (QED) is 0.340. The summed E-state index contributed by atoms with van der Waals surface area (Å²) in [4.78, 5) is 16.2. The highest BCUT2D eigenvalue weighted by Crippen LogP contribution is 2.50. The molecule has 10 heteroatoms. The van der Waals surface area contributed by atoms with Crippen molar-refractivity contribution in [2.75, 3.05) is 0 Å². The number of nitrogens with zero attached hydrogens (tertiary/aromatic N) is 2. The van der Waals surface area contributed by atoms with E-state index in [1.54, 1.807) is 22.7 Å². The SMILES string of the molecule is O=Cc1ccc(C2=NOC(c3cc(Cl)c(Cl)c(Cl)c3)(C(F)(F)F)C2)n2cccc12. The van der Waals surface area contributed by atoms with E-state index in [1.807, 2.05) is 0 Å². The number of halogens is 6. The Morgan fingerprint density at radius 3 is 2.45 bits per heavy atom. The highest BCUT2D eigenvalue weighted by atomic mass is 35.5. The second-order valence-corrected chi connectivity index (χ2v) is 7.63. The second kappa shape index (κ2) is 6.93. The van der Waals surface area contributed by atoms with E-state index in [-0.39, 0.29) is 26.3 Å². The van der Waals surface area contributed by atoms with Crippen molar-refractivity contribution in [1.82, 2.24) is 4.40 Å². The number of fused-ring (bicyclic) bond motifs is 1. The van der Waals surface area contributed by atoms with Crippen LogP contribution in [0, 0.1) is 0 Å². The minimum absolute atomic E-state index is 0.0490. The number of carbonyl (C=O) groups is 1. The van der Waals surface area contributed by atoms with E-state index in [0.717, 1.165) is 12.1 Å². The molecule has 2 aromatic heterocycles. The van der Waals surface area contributed by atoms with Gasteiger partial charge in [0.1, 0.15) is 5.71 Å². The lowest BCUT2D eigenvalue weighted by atomic mass is 9.87. The van der Waals surface area contributed by atoms with Gasteiger partial charge in [-0.25, -0.2) is 0 Å². The molecule has 1 aliphatic heterocycles. The van der Waals surface area contributed by atoms with Crippen molar-refractivity contribution in [2.24, 2.45) is 5.16 Å². The minimum atomic E-state index is -4.82. The molecule has 1 atom stereocenters. The minimum Gasteiger partial charge on any atom is -0.374 e. The maximum absolute atomic E-state index is 14.2. The van der Waals surface area contributed by atoms with Crippen LogP contribution in [-0.2, 0) is 10.4 Å². The smallest absolute Gasteiger partial charge is 0.374 e. The molecule has 0 N–H and O–H groups in total. The van der Waals surface area contributed by atoms with Crippen molar-refractivity contribution in [2.45, 2.75) is 18.2 Å². The van der Waals surface area contributed by atoms with Gasteiger partial charge in [0.25, 0.3) is 5.60 Å². The van der Waals surface area contributed by atoms with Crippen molar-refractivity contribution < 1.29 is 22.8 Å². The monoisotopic (exact) mass is 460 g/mol. The van der Waals surface area contributed by atoms with E-state index in [9.17, 15) is 18.0 Å². The number of hydrogen-bond donors (Lipinski definition) is 0. The number of aldehydes is 1. The lowest BCUT2D eigenvalue weighted by molar-refractivity contribution is -0.275. The summed E-state index contributed by atoms with van der Waals surface area (Å²) in [6, 6.07) is 8.54. The van der Waals surface area contributed by atoms with E-state index in [0.29, 0.717) is 23.1 Å². The molecule has 0 saturated heterocycles. The molecule has 4 nitrogen and oxygen atoms in total. The molecule has 0 radical (unpaired) electrons. The molecule has 1 unspecified atom stereocenters. The first-order chi connectivity index (χ1) is 13.7. The Kier molecular flexibility index (Phi) is 4.80. The predicted octanol–water partition coefficient (Wildman–Crippen LogP) is 6.29. The highest BCUT2D eigenvalue weighted by molar-refractivity contribution is 6.48. The van der Waals surface area contributed by atoms with Crippen molar-refractivity contribution in [3.63, 3.8) is 0 Å². The summed E-state index contributed by atoms with van der Waals surface area (Å²) in [5, 5.41) is 3.43. The van der Waals surface area contributed by atoms with Gasteiger partial charge in [-0.1, -0.05) is 40.0 Å². The summed E-state index contributed by atoms with van der Waals surface area (Å²) >= 11 is 17.8. The molecule has 150 valence electrons. The number of carbonyl (C=O) groups excluding carboxylic acids is 1. The van der Waals surface area contributed by atoms with Crippen LogP contribution < -0.4 is 0 Å². The number of benzene rings is 1. The Morgan fingerprint density at radius 1 is 1.14 bits per heavy atom. The largest absolute Gasteiger partial charge is 0.435 e. The van der Waals surface area contributed by atoms with Crippen molar-refractivity contribution in [3.8, 4) is 0 Å². The van der Waals surface area contributed by atoms with Gasteiger partial charge >= 0.3 is 6.18 Å². The number of oxime groups is 1. The molecular formula is C19H10Cl3F3N2O2. The molecule has 1 aliphatic rings. The third kappa shape index (κ3) is 3.08. The van der Waals surface area contributed by atoms with Crippen LogP contribution in [0.25, 0.3) is 5.52 Å². The van der Waals surface area contributed by atoms with Crippen LogP contribution in [0.3, 0.4) is 0 Å². The van der Waals surface area contributed by atoms with Crippen LogP contribution >= 0.6 is 34.8 Å². The van der Waals surface area contributed by atoms with Crippen LogP contribution in [0.15, 0.2) is 47.8 Å². The Hall–Kier alpha value is -2.22. The van der Waals surface area contributed by atoms with E-state index in [1.165, 1.54) is 12.1 Å². The molecule has 1 aromatic carbocycles. The number of rotatable bonds is 3. The summed E-state index contributed by atoms with van der Waals surface area (Å²) in [6.45, 7) is 0. The zero-order valence-electron chi connectivity index (χ0n) is 14.3. The molecule has 0 amide bonds. The molecule has 29 heavy (non-hydrogen) atoms. The Morgan fingerprint density at radius 2 is 1.83 bits per heavy atom. The van der Waals surface area contributed by atoms with Crippen molar-refractivity contribution in [1.29, 1.82) is 0 Å². The predicted molar refractivity (Wildman–Crippen MR) is 104 cm³/mol. The topological polar surface area (TPSA) is 43.1 Å². The van der Waals surface area contributed by atoms with E-state index < -0.39 is 18.2 Å². The molecule has 0 spiro atoms. The second-order valence-electron chi connectivity index (χ2n) is 6.44. The zero-order valence-corrected chi connectivity index (χ0v) is 16.6. The highest BCUT2D eigenvalue weighted by Gasteiger charge is 2.62. The number of aromatic nitrogens is 1. The van der Waals surface area contributed by atoms with Crippen LogP contribution in [-0.4, -0.2) is 22.6 Å². The van der Waals surface area contributed by atoms with E-state index >= 15 is 0 Å². The van der Waals surface area contributed by atoms with Gasteiger partial charge in [0.2, 0.25) is 0 Å². The normalized spacial score (nSPS) is 19.3. The fourth-order valence-corrected chi connectivity index (χ4v) is 3.92. The van der Waals surface area contributed by atoms with Gasteiger partial charge in [0.05, 0.1) is 32.7 Å². The van der Waals surface area contributed by atoms with Gasteiger partial charge in [0.15, 0.2) is 6.29 Å². The average molecular weight is 462 g/mol. The molecule has 3 heterocycles. The summed E-state index contributed by atoms with van der Waals surface area (Å²) in [5.74, 6) is 0. The molecule has 0 bridgehead atoms. The third-order valence-electron chi connectivity index (χ3n) is 4.78. The average Bonchev–Trinajstić information content (AvgIpc) is 3.32. The van der Waals surface area contributed by atoms with Crippen molar-refractivity contribution in [3.05, 3.63) is 74.5 Å². The lowest BCUT2D eigenvalue weighted by Gasteiger charge is -2.30. The molecule has 0 fully saturated rings. The molecule has 0 saturated carbocycles. The van der Waals surface area contributed by atoms with Gasteiger partial charge in [-0.2, -0.15) is 13.2 Å². The molecular weight excluding hydrogens is 452 g/mol. The summed E-state index contributed by atoms with van der Waals surface area (Å²) in [6.07, 6.45) is -3.14. The van der Waals surface area contributed by atoms with Gasteiger partial charge in [0, 0.05) is 17.3 Å². The molecule has 4 rings (SSSR count). The van der Waals surface area contributed by atoms with Gasteiger partial charge < -0.3 is 9.24 Å². The first-order valence-corrected chi connectivity index (χ1v) is 9.34. The molecule has 0 aliphatic carbocycles. The van der Waals surface area contributed by atoms with E-state index in [4.69, 9.17) is 39.6 Å². The van der Waals surface area contributed by atoms with Gasteiger partial charge in [-0.05, 0) is 36.4 Å². The summed E-state index contributed by atoms with van der Waals surface area (Å²) < 4.78 is 44.1. The summed E-state index contributed by atoms with van der Waals surface area (Å²) in [5.41, 5.74) is -1.71. The van der Waals surface area contributed by atoms with Crippen molar-refractivity contribution >= 4 is 52.3 Å². The van der Waals surface area contributed by atoms with Crippen LogP contribution in [0.4, 0.5) is 13.2 Å². The Labute approximate surface area is 177 Å². The molecule has 3 aromatic rings. The first-order valence-electron chi connectivity index (χ1n) is 8.20. The Balaban J connectivity index is 1.83. The maximum atomic E-state index is 14.2. The van der Waals surface area contributed by atoms with Crippen LogP contribution in [0.5, 0.6) is 0 Å². The number of pyridine rings is 1. The van der Waals surface area contributed by atoms with Gasteiger partial charge in [-0.15, -0.1) is 0 Å². The Bertz CT molecular complexity index is 1150. The van der Waals surface area contributed by atoms with Crippen LogP contribution in [0.2, 0.25) is 15.1 Å². The van der Waals surface area contributed by atoms with Crippen LogP contribution in [0.1, 0.15) is 28.0 Å². The zero-order chi connectivity index (χ0) is 21.0. The third-order valence-corrected chi connectivity index (χ3v) is 5.98. The number of hydrogen-bond acceptors (Lipinski definition) is 3. The van der Waals surface area contributed by atoms with Gasteiger partial charge in [-0.3, -0.25) is 4.79 Å². The maximum Gasteiger partial charge on any atom is 0.435 e. The fraction of sp³-hybridized carbons (Fsp3) is 0.158. The fourth-order valence-electron chi connectivity index (χ4n) is 3.33. The summed E-state index contributed by atoms with van der Waals surface area (Å²) in [7, 11) is 0. The number of alkyl halides is 3. The lowest BCUT2D eigenvalue weighted by Crippen LogP contribution is -2.42. The van der Waals surface area contributed by atoms with E-state index in [2.05, 4.69) is 5.16 Å².